The largest absolute Gasteiger partial charge is 0.353 e. The number of piperazine rings is 1. The SMILES string of the molecule is CC(C)(C(=O)NCCN1CCNCC1)n1cc([N+](=O)[O-])cn1.Cl. The van der Waals surface area contributed by atoms with E-state index in [-0.39, 0.29) is 24.0 Å². The van der Waals surface area contributed by atoms with Gasteiger partial charge in [-0.15, -0.1) is 12.4 Å². The number of nitrogens with one attached hydrogen (secondary N) is 2. The Morgan fingerprint density at radius 2 is 2.13 bits per heavy atom. The van der Waals surface area contributed by atoms with Gasteiger partial charge in [-0.1, -0.05) is 0 Å². The predicted molar refractivity (Wildman–Crippen MR) is 87.8 cm³/mol. The lowest BCUT2D eigenvalue weighted by Crippen LogP contribution is -2.49. The van der Waals surface area contributed by atoms with Crippen LogP contribution in [0.25, 0.3) is 0 Å². The van der Waals surface area contributed by atoms with E-state index < -0.39 is 10.5 Å². The third kappa shape index (κ3) is 4.88. The summed E-state index contributed by atoms with van der Waals surface area (Å²) >= 11 is 0. The standard InChI is InChI=1S/C13H22N6O3.ClH/c1-13(2,18-10-11(9-16-18)19(21)22)12(20)15-5-8-17-6-3-14-4-7-17;/h9-10,14H,3-8H2,1-2H3,(H,15,20);1H. The summed E-state index contributed by atoms with van der Waals surface area (Å²) in [5.74, 6) is -0.208. The molecule has 0 spiro atoms. The summed E-state index contributed by atoms with van der Waals surface area (Å²) in [6.45, 7) is 8.60. The van der Waals surface area contributed by atoms with E-state index in [1.807, 2.05) is 0 Å². The highest BCUT2D eigenvalue weighted by atomic mass is 35.5. The fourth-order valence-electron chi connectivity index (χ4n) is 2.30. The van der Waals surface area contributed by atoms with E-state index in [9.17, 15) is 14.9 Å². The minimum atomic E-state index is -0.974. The first-order valence-electron chi connectivity index (χ1n) is 7.32. The van der Waals surface area contributed by atoms with Crippen LogP contribution >= 0.6 is 12.4 Å². The van der Waals surface area contributed by atoms with Crippen molar-refractivity contribution in [2.45, 2.75) is 19.4 Å². The van der Waals surface area contributed by atoms with Gasteiger partial charge in [-0.25, -0.2) is 0 Å². The number of hydrogen-bond acceptors (Lipinski definition) is 6. The highest BCUT2D eigenvalue weighted by Gasteiger charge is 2.31. The maximum Gasteiger partial charge on any atom is 0.307 e. The molecule has 2 heterocycles. The number of aromatic nitrogens is 2. The normalized spacial score (nSPS) is 15.7. The molecule has 1 amide bonds. The van der Waals surface area contributed by atoms with Gasteiger partial charge in [0.2, 0.25) is 5.91 Å². The first-order valence-corrected chi connectivity index (χ1v) is 7.32. The number of carbonyl (C=O) groups excluding carboxylic acids is 1. The van der Waals surface area contributed by atoms with Crippen molar-refractivity contribution in [2.75, 3.05) is 39.3 Å². The zero-order chi connectivity index (χ0) is 16.2. The molecule has 0 radical (unpaired) electrons. The van der Waals surface area contributed by atoms with Gasteiger partial charge in [-0.2, -0.15) is 5.10 Å². The molecule has 0 saturated carbocycles. The summed E-state index contributed by atoms with van der Waals surface area (Å²) in [6, 6.07) is 0. The molecule has 1 aliphatic heterocycles. The minimum Gasteiger partial charge on any atom is -0.353 e. The molecule has 1 aromatic heterocycles. The lowest BCUT2D eigenvalue weighted by Gasteiger charge is -2.28. The molecule has 0 aliphatic carbocycles. The zero-order valence-electron chi connectivity index (χ0n) is 13.3. The van der Waals surface area contributed by atoms with Gasteiger partial charge >= 0.3 is 5.69 Å². The molecule has 1 aliphatic rings. The Balaban J connectivity index is 0.00000264. The number of amides is 1. The topological polar surface area (TPSA) is 105 Å². The molecule has 0 bridgehead atoms. The van der Waals surface area contributed by atoms with Crippen LogP contribution in [0.15, 0.2) is 12.4 Å². The van der Waals surface area contributed by atoms with Crippen molar-refractivity contribution in [2.24, 2.45) is 0 Å². The number of hydrogen-bond donors (Lipinski definition) is 2. The van der Waals surface area contributed by atoms with Crippen molar-refractivity contribution in [3.8, 4) is 0 Å². The molecule has 0 atom stereocenters. The van der Waals surface area contributed by atoms with E-state index in [4.69, 9.17) is 0 Å². The van der Waals surface area contributed by atoms with Crippen molar-refractivity contribution < 1.29 is 9.72 Å². The fraction of sp³-hybridized carbons (Fsp3) is 0.692. The maximum atomic E-state index is 12.3. The van der Waals surface area contributed by atoms with Crippen LogP contribution in [0, 0.1) is 10.1 Å². The van der Waals surface area contributed by atoms with Gasteiger partial charge in [0.1, 0.15) is 17.9 Å². The second kappa shape index (κ2) is 8.23. The highest BCUT2D eigenvalue weighted by molar-refractivity contribution is 5.85. The summed E-state index contributed by atoms with van der Waals surface area (Å²) in [6.07, 6.45) is 2.42. The van der Waals surface area contributed by atoms with Crippen molar-refractivity contribution in [3.63, 3.8) is 0 Å². The minimum absolute atomic E-state index is 0. The first-order chi connectivity index (χ1) is 10.4. The van der Waals surface area contributed by atoms with Crippen molar-refractivity contribution in [3.05, 3.63) is 22.5 Å². The Labute approximate surface area is 141 Å². The molecule has 2 N–H and O–H groups in total. The molecule has 1 saturated heterocycles. The molecule has 0 unspecified atom stereocenters. The van der Waals surface area contributed by atoms with Crippen molar-refractivity contribution in [1.29, 1.82) is 0 Å². The Hall–Kier alpha value is -1.71. The Kier molecular flexibility index (Phi) is 6.92. The van der Waals surface area contributed by atoms with Crippen molar-refractivity contribution in [1.82, 2.24) is 25.3 Å². The lowest BCUT2D eigenvalue weighted by atomic mass is 10.1. The third-order valence-corrected chi connectivity index (χ3v) is 3.83. The second-order valence-electron chi connectivity index (χ2n) is 5.81. The fourth-order valence-corrected chi connectivity index (χ4v) is 2.30. The van der Waals surface area contributed by atoms with E-state index in [0.717, 1.165) is 38.9 Å². The van der Waals surface area contributed by atoms with Gasteiger partial charge in [0, 0.05) is 39.3 Å². The summed E-state index contributed by atoms with van der Waals surface area (Å²) < 4.78 is 1.32. The zero-order valence-corrected chi connectivity index (χ0v) is 14.1. The molecule has 130 valence electrons. The molecule has 1 aromatic rings. The van der Waals surface area contributed by atoms with Crippen LogP contribution in [0.5, 0.6) is 0 Å². The highest BCUT2D eigenvalue weighted by Crippen LogP contribution is 2.18. The summed E-state index contributed by atoms with van der Waals surface area (Å²) in [4.78, 5) is 24.8. The smallest absolute Gasteiger partial charge is 0.307 e. The Morgan fingerprint density at radius 1 is 1.48 bits per heavy atom. The van der Waals surface area contributed by atoms with Crippen LogP contribution in [0.4, 0.5) is 5.69 Å². The van der Waals surface area contributed by atoms with Gasteiger partial charge in [0.25, 0.3) is 0 Å². The molecule has 1 fully saturated rings. The van der Waals surface area contributed by atoms with Crippen LogP contribution in [-0.4, -0.2) is 64.8 Å². The number of carbonyl (C=O) groups is 1. The van der Waals surface area contributed by atoms with Crippen LogP contribution in [-0.2, 0) is 10.3 Å². The number of halogens is 1. The molecular formula is C13H23ClN6O3. The van der Waals surface area contributed by atoms with Crippen LogP contribution in [0.2, 0.25) is 0 Å². The van der Waals surface area contributed by atoms with Gasteiger partial charge in [-0.05, 0) is 13.8 Å². The van der Waals surface area contributed by atoms with Gasteiger partial charge < -0.3 is 10.6 Å². The quantitative estimate of drug-likeness (QED) is 0.553. The lowest BCUT2D eigenvalue weighted by molar-refractivity contribution is -0.385. The van der Waals surface area contributed by atoms with Crippen LogP contribution in [0.3, 0.4) is 0 Å². The number of nitro groups is 1. The van der Waals surface area contributed by atoms with Crippen molar-refractivity contribution >= 4 is 24.0 Å². The van der Waals surface area contributed by atoms with E-state index in [0.29, 0.717) is 6.54 Å². The summed E-state index contributed by atoms with van der Waals surface area (Å²) in [5, 5.41) is 20.8. The van der Waals surface area contributed by atoms with Gasteiger partial charge in [0.15, 0.2) is 0 Å². The van der Waals surface area contributed by atoms with Gasteiger partial charge in [0.05, 0.1) is 4.92 Å². The van der Waals surface area contributed by atoms with E-state index >= 15 is 0 Å². The molecular weight excluding hydrogens is 324 g/mol. The molecule has 0 aromatic carbocycles. The van der Waals surface area contributed by atoms with Crippen LogP contribution in [0.1, 0.15) is 13.8 Å². The van der Waals surface area contributed by atoms with Crippen LogP contribution < -0.4 is 10.6 Å². The maximum absolute atomic E-state index is 12.3. The Morgan fingerprint density at radius 3 is 2.70 bits per heavy atom. The predicted octanol–water partition coefficient (Wildman–Crippen LogP) is -0.0304. The Bertz CT molecular complexity index is 542. The van der Waals surface area contributed by atoms with E-state index in [2.05, 4.69) is 20.6 Å². The van der Waals surface area contributed by atoms with Gasteiger partial charge in [-0.3, -0.25) is 24.5 Å². The molecule has 2 rings (SSSR count). The monoisotopic (exact) mass is 346 g/mol. The van der Waals surface area contributed by atoms with E-state index in [1.54, 1.807) is 13.8 Å². The molecule has 23 heavy (non-hydrogen) atoms. The number of nitrogens with zero attached hydrogens (tertiary/aromatic N) is 4. The summed E-state index contributed by atoms with van der Waals surface area (Å²) in [7, 11) is 0. The first kappa shape index (κ1) is 19.3. The average Bonchev–Trinajstić information content (AvgIpc) is 2.99. The summed E-state index contributed by atoms with van der Waals surface area (Å²) in [5.41, 5.74) is -1.10. The third-order valence-electron chi connectivity index (χ3n) is 3.83. The average molecular weight is 347 g/mol. The second-order valence-corrected chi connectivity index (χ2v) is 5.81. The van der Waals surface area contributed by atoms with E-state index in [1.165, 1.54) is 10.9 Å². The molecule has 10 heteroatoms. The number of rotatable bonds is 6. The molecule has 9 nitrogen and oxygen atoms in total.